The van der Waals surface area contributed by atoms with Gasteiger partial charge in [-0.15, -0.1) is 0 Å². The number of para-hydroxylation sites is 1. The van der Waals surface area contributed by atoms with Crippen LogP contribution in [0.1, 0.15) is 19.3 Å². The molecule has 1 aromatic heterocycles. The molecule has 1 N–H and O–H groups in total. The van der Waals surface area contributed by atoms with E-state index in [1.807, 2.05) is 6.07 Å². The van der Waals surface area contributed by atoms with Gasteiger partial charge in [0.2, 0.25) is 5.96 Å². The van der Waals surface area contributed by atoms with Crippen molar-refractivity contribution >= 4 is 32.6 Å². The second-order valence-corrected chi connectivity index (χ2v) is 6.93. The molecule has 0 spiro atoms. The number of rotatable bonds is 3. The van der Waals surface area contributed by atoms with E-state index in [4.69, 9.17) is 0 Å². The van der Waals surface area contributed by atoms with E-state index in [1.54, 1.807) is 11.3 Å². The molecule has 5 nitrogen and oxygen atoms in total. The maximum Gasteiger partial charge on any atom is 0.201 e. The van der Waals surface area contributed by atoms with Gasteiger partial charge < -0.3 is 10.2 Å². The molecule has 0 saturated carbocycles. The first kappa shape index (κ1) is 14.0. The molecule has 3 heterocycles. The Morgan fingerprint density at radius 2 is 1.95 bits per heavy atom. The van der Waals surface area contributed by atoms with Crippen LogP contribution in [0.4, 0.5) is 5.13 Å². The Balaban J connectivity index is 1.44. The highest BCUT2D eigenvalue weighted by Gasteiger charge is 2.21. The second-order valence-electron chi connectivity index (χ2n) is 5.90. The number of likely N-dealkylation sites (tertiary alicyclic amines) is 1. The van der Waals surface area contributed by atoms with Crippen LogP contribution in [0, 0.1) is 0 Å². The van der Waals surface area contributed by atoms with Gasteiger partial charge in [0.1, 0.15) is 0 Å². The minimum Gasteiger partial charge on any atom is -0.328 e. The van der Waals surface area contributed by atoms with Crippen molar-refractivity contribution in [3.63, 3.8) is 0 Å². The smallest absolute Gasteiger partial charge is 0.201 e. The first-order valence-corrected chi connectivity index (χ1v) is 8.84. The SMILES string of the molecule is c1ccc2sc(NC3=NCCN3CN3CCCCC3)nc2c1. The van der Waals surface area contributed by atoms with Gasteiger partial charge in [0, 0.05) is 6.54 Å². The number of hydrogen-bond acceptors (Lipinski definition) is 6. The van der Waals surface area contributed by atoms with E-state index < -0.39 is 0 Å². The Hall–Kier alpha value is -1.66. The zero-order chi connectivity index (χ0) is 14.8. The van der Waals surface area contributed by atoms with Crippen LogP contribution in [-0.2, 0) is 0 Å². The van der Waals surface area contributed by atoms with E-state index in [2.05, 4.69) is 43.3 Å². The summed E-state index contributed by atoms with van der Waals surface area (Å²) in [4.78, 5) is 14.1. The predicted octanol–water partition coefficient (Wildman–Crippen LogP) is 2.82. The van der Waals surface area contributed by atoms with Crippen molar-refractivity contribution < 1.29 is 0 Å². The van der Waals surface area contributed by atoms with Crippen LogP contribution in [0.3, 0.4) is 0 Å². The average Bonchev–Trinajstić information content (AvgIpc) is 3.15. The number of hydrogen-bond donors (Lipinski definition) is 1. The zero-order valence-electron chi connectivity index (χ0n) is 12.7. The molecule has 0 amide bonds. The lowest BCUT2D eigenvalue weighted by Gasteiger charge is -2.31. The standard InChI is InChI=1S/C16H21N5S/c1-4-9-20(10-5-1)12-21-11-8-17-15(21)19-16-18-13-6-2-3-7-14(13)22-16/h2-3,6-7H,1,4-5,8-12H2,(H,17,18,19). The van der Waals surface area contributed by atoms with Crippen molar-refractivity contribution in [2.45, 2.75) is 19.3 Å². The van der Waals surface area contributed by atoms with Crippen LogP contribution in [-0.4, -0.2) is 53.6 Å². The third kappa shape index (κ3) is 2.94. The fourth-order valence-electron chi connectivity index (χ4n) is 3.10. The van der Waals surface area contributed by atoms with Gasteiger partial charge in [-0.3, -0.25) is 9.89 Å². The van der Waals surface area contributed by atoms with Gasteiger partial charge in [0.05, 0.1) is 23.4 Å². The highest BCUT2D eigenvalue weighted by Crippen LogP contribution is 2.26. The van der Waals surface area contributed by atoms with E-state index in [9.17, 15) is 0 Å². The van der Waals surface area contributed by atoms with Crippen molar-refractivity contribution in [2.75, 3.05) is 38.2 Å². The maximum atomic E-state index is 4.64. The van der Waals surface area contributed by atoms with Crippen LogP contribution in [0.5, 0.6) is 0 Å². The molecule has 2 aliphatic heterocycles. The van der Waals surface area contributed by atoms with Crippen molar-refractivity contribution in [3.8, 4) is 0 Å². The maximum absolute atomic E-state index is 4.64. The molecule has 4 rings (SSSR count). The average molecular weight is 315 g/mol. The largest absolute Gasteiger partial charge is 0.328 e. The Kier molecular flexibility index (Phi) is 3.95. The van der Waals surface area contributed by atoms with Gasteiger partial charge >= 0.3 is 0 Å². The van der Waals surface area contributed by atoms with Crippen LogP contribution >= 0.6 is 11.3 Å². The summed E-state index contributed by atoms with van der Waals surface area (Å²) in [6.07, 6.45) is 4.03. The molecule has 0 aliphatic carbocycles. The molecule has 22 heavy (non-hydrogen) atoms. The Bertz CT molecular complexity index is 641. The van der Waals surface area contributed by atoms with Crippen LogP contribution in [0.15, 0.2) is 29.3 Å². The summed E-state index contributed by atoms with van der Waals surface area (Å²) in [5.74, 6) is 0.977. The summed E-state index contributed by atoms with van der Waals surface area (Å²) in [6, 6.07) is 8.25. The molecular formula is C16H21N5S. The summed E-state index contributed by atoms with van der Waals surface area (Å²) >= 11 is 1.69. The Morgan fingerprint density at radius 3 is 2.82 bits per heavy atom. The first-order chi connectivity index (χ1) is 10.9. The molecule has 0 unspecified atom stereocenters. The molecule has 6 heteroatoms. The highest BCUT2D eigenvalue weighted by atomic mass is 32.1. The minimum atomic E-state index is 0.876. The topological polar surface area (TPSA) is 43.8 Å². The number of guanidine groups is 1. The lowest BCUT2D eigenvalue weighted by molar-refractivity contribution is 0.165. The third-order valence-electron chi connectivity index (χ3n) is 4.26. The normalized spacial score (nSPS) is 19.6. The number of nitrogens with zero attached hydrogens (tertiary/aromatic N) is 4. The van der Waals surface area contributed by atoms with Crippen molar-refractivity contribution in [1.82, 2.24) is 14.8 Å². The lowest BCUT2D eigenvalue weighted by Crippen LogP contribution is -2.44. The number of benzene rings is 1. The number of piperidine rings is 1. The minimum absolute atomic E-state index is 0.876. The number of aliphatic imine (C=N–C) groups is 1. The highest BCUT2D eigenvalue weighted by molar-refractivity contribution is 7.22. The molecule has 2 aliphatic rings. The van der Waals surface area contributed by atoms with E-state index in [1.165, 1.54) is 37.1 Å². The Labute approximate surface area is 134 Å². The molecular weight excluding hydrogens is 294 g/mol. The molecule has 116 valence electrons. The summed E-state index contributed by atoms with van der Waals surface area (Å²) in [5.41, 5.74) is 1.05. The number of anilines is 1. The van der Waals surface area contributed by atoms with Crippen LogP contribution in [0.2, 0.25) is 0 Å². The second kappa shape index (κ2) is 6.22. The van der Waals surface area contributed by atoms with Gasteiger partial charge in [-0.1, -0.05) is 29.9 Å². The molecule has 1 fully saturated rings. The quantitative estimate of drug-likeness (QED) is 0.946. The summed E-state index contributed by atoms with van der Waals surface area (Å²) < 4.78 is 1.21. The van der Waals surface area contributed by atoms with Gasteiger partial charge in [0.25, 0.3) is 0 Å². The number of nitrogens with one attached hydrogen (secondary N) is 1. The van der Waals surface area contributed by atoms with Crippen molar-refractivity contribution in [3.05, 3.63) is 24.3 Å². The number of aromatic nitrogens is 1. The monoisotopic (exact) mass is 315 g/mol. The first-order valence-electron chi connectivity index (χ1n) is 8.03. The fourth-order valence-corrected chi connectivity index (χ4v) is 3.96. The molecule has 0 bridgehead atoms. The summed E-state index contributed by atoms with van der Waals surface area (Å²) in [6.45, 7) is 5.29. The molecule has 1 aromatic carbocycles. The van der Waals surface area contributed by atoms with E-state index in [0.717, 1.165) is 36.4 Å². The Morgan fingerprint density at radius 1 is 1.09 bits per heavy atom. The third-order valence-corrected chi connectivity index (χ3v) is 5.21. The van der Waals surface area contributed by atoms with E-state index in [0.29, 0.717) is 0 Å². The molecule has 0 radical (unpaired) electrons. The molecule has 2 aromatic rings. The lowest BCUT2D eigenvalue weighted by atomic mass is 10.1. The van der Waals surface area contributed by atoms with E-state index >= 15 is 0 Å². The van der Waals surface area contributed by atoms with Crippen molar-refractivity contribution in [2.24, 2.45) is 4.99 Å². The number of thiazole rings is 1. The predicted molar refractivity (Wildman–Crippen MR) is 92.5 cm³/mol. The summed E-state index contributed by atoms with van der Waals surface area (Å²) in [7, 11) is 0. The molecule has 0 atom stereocenters. The van der Waals surface area contributed by atoms with Gasteiger partial charge in [-0.2, -0.15) is 0 Å². The number of fused-ring (bicyclic) bond motifs is 1. The summed E-state index contributed by atoms with van der Waals surface area (Å²) in [5, 5.41) is 4.36. The van der Waals surface area contributed by atoms with Gasteiger partial charge in [0.15, 0.2) is 5.13 Å². The fraction of sp³-hybridized carbons (Fsp3) is 0.500. The van der Waals surface area contributed by atoms with Gasteiger partial charge in [-0.05, 0) is 38.1 Å². The van der Waals surface area contributed by atoms with E-state index in [-0.39, 0.29) is 0 Å². The van der Waals surface area contributed by atoms with Crippen molar-refractivity contribution in [1.29, 1.82) is 0 Å². The zero-order valence-corrected chi connectivity index (χ0v) is 13.5. The van der Waals surface area contributed by atoms with Gasteiger partial charge in [-0.25, -0.2) is 4.98 Å². The molecule has 1 saturated heterocycles. The van der Waals surface area contributed by atoms with Crippen LogP contribution < -0.4 is 5.32 Å². The van der Waals surface area contributed by atoms with Crippen LogP contribution in [0.25, 0.3) is 10.2 Å².